The second-order valence-electron chi connectivity index (χ2n) is 9.87. The van der Waals surface area contributed by atoms with Crippen LogP contribution in [0.2, 0.25) is 5.02 Å². The number of likely N-dealkylation sites (tertiary alicyclic amines) is 1. The molecule has 224 valence electrons. The molecule has 2 atom stereocenters. The number of halogens is 3. The normalized spacial score (nSPS) is 16.3. The molecule has 4 aromatic rings. The lowest BCUT2D eigenvalue weighted by atomic mass is 10.1. The Morgan fingerprint density at radius 3 is 2.74 bits per heavy atom. The van der Waals surface area contributed by atoms with Gasteiger partial charge in [0.05, 0.1) is 11.6 Å². The number of hydrogen-bond acceptors (Lipinski definition) is 8. The standard InChI is InChI=1S/C27H25ClF2N8O5/c1-14(39)19-12-37(21-7-6-17(9-18(19)21)43-27(42)36(2)26-32-34-35-33-26)13-23(40)38-11-16(29)8-22(38)25(41)31-10-15-4-3-5-20(28)24(15)30/h3-7,9,12,16,22H,8,10-11,13H2,1-2H3,(H,31,41)(H,32,33,34,35)/t16-,22+/m1/s1. The number of tetrazole rings is 1. The van der Waals surface area contributed by atoms with Crippen molar-refractivity contribution in [2.75, 3.05) is 18.5 Å². The smallest absolute Gasteiger partial charge is 0.410 e. The van der Waals surface area contributed by atoms with Gasteiger partial charge < -0.3 is 19.5 Å². The van der Waals surface area contributed by atoms with Crippen molar-refractivity contribution in [3.05, 3.63) is 64.6 Å². The van der Waals surface area contributed by atoms with Gasteiger partial charge in [0.1, 0.15) is 30.3 Å². The van der Waals surface area contributed by atoms with E-state index in [1.165, 1.54) is 55.1 Å². The third kappa shape index (κ3) is 6.16. The van der Waals surface area contributed by atoms with Crippen molar-refractivity contribution in [2.24, 2.45) is 0 Å². The van der Waals surface area contributed by atoms with Crippen LogP contribution < -0.4 is 15.0 Å². The second kappa shape index (κ2) is 12.1. The molecule has 0 radical (unpaired) electrons. The number of rotatable bonds is 8. The zero-order chi connectivity index (χ0) is 30.8. The number of Topliss-reactive ketones (excluding diaryl/α,β-unsaturated/α-hetero) is 1. The van der Waals surface area contributed by atoms with Gasteiger partial charge in [-0.25, -0.2) is 18.5 Å². The quantitative estimate of drug-likeness (QED) is 0.287. The Labute approximate surface area is 247 Å². The summed E-state index contributed by atoms with van der Waals surface area (Å²) in [6, 6.07) is 7.79. The Bertz CT molecular complexity index is 1710. The number of ether oxygens (including phenoxy) is 1. The Balaban J connectivity index is 1.32. The second-order valence-corrected chi connectivity index (χ2v) is 10.3. The number of nitrogens with one attached hydrogen (secondary N) is 2. The number of carbonyl (C=O) groups excluding carboxylic acids is 4. The van der Waals surface area contributed by atoms with E-state index >= 15 is 0 Å². The molecule has 1 aliphatic rings. The molecule has 0 spiro atoms. The van der Waals surface area contributed by atoms with Crippen molar-refractivity contribution in [1.82, 2.24) is 35.4 Å². The zero-order valence-electron chi connectivity index (χ0n) is 22.9. The first-order valence-corrected chi connectivity index (χ1v) is 13.4. The first-order chi connectivity index (χ1) is 20.5. The first kappa shape index (κ1) is 29.6. The van der Waals surface area contributed by atoms with Gasteiger partial charge in [-0.2, -0.15) is 5.21 Å². The van der Waals surface area contributed by atoms with Crippen LogP contribution in [0.3, 0.4) is 0 Å². The molecule has 3 heterocycles. The van der Waals surface area contributed by atoms with Crippen LogP contribution in [-0.4, -0.2) is 79.6 Å². The van der Waals surface area contributed by atoms with Crippen LogP contribution in [0.1, 0.15) is 29.3 Å². The largest absolute Gasteiger partial charge is 0.421 e. The van der Waals surface area contributed by atoms with E-state index in [0.29, 0.717) is 10.9 Å². The molecular weight excluding hydrogens is 590 g/mol. The lowest BCUT2D eigenvalue weighted by Gasteiger charge is -2.24. The average molecular weight is 615 g/mol. The number of anilines is 1. The van der Waals surface area contributed by atoms with Crippen LogP contribution in [0.25, 0.3) is 10.9 Å². The lowest BCUT2D eigenvalue weighted by Crippen LogP contribution is -2.46. The number of fused-ring (bicyclic) bond motifs is 1. The van der Waals surface area contributed by atoms with Crippen LogP contribution in [0.15, 0.2) is 42.6 Å². The topological polar surface area (TPSA) is 155 Å². The van der Waals surface area contributed by atoms with Gasteiger partial charge in [0.25, 0.3) is 5.95 Å². The number of H-pyrrole nitrogens is 1. The highest BCUT2D eigenvalue weighted by molar-refractivity contribution is 6.30. The predicted octanol–water partition coefficient (Wildman–Crippen LogP) is 3.04. The molecule has 0 aliphatic carbocycles. The summed E-state index contributed by atoms with van der Waals surface area (Å²) in [4.78, 5) is 53.4. The van der Waals surface area contributed by atoms with Gasteiger partial charge in [-0.05, 0) is 36.4 Å². The minimum atomic E-state index is -1.43. The molecule has 1 fully saturated rings. The summed E-state index contributed by atoms with van der Waals surface area (Å²) in [7, 11) is 1.39. The van der Waals surface area contributed by atoms with Crippen LogP contribution in [0.4, 0.5) is 19.5 Å². The summed E-state index contributed by atoms with van der Waals surface area (Å²) in [6.45, 7) is 0.557. The summed E-state index contributed by atoms with van der Waals surface area (Å²) in [5.74, 6) is -2.07. The number of carbonyl (C=O) groups is 4. The van der Waals surface area contributed by atoms with Crippen molar-refractivity contribution in [2.45, 2.75) is 38.6 Å². The number of aromatic amines is 1. The highest BCUT2D eigenvalue weighted by atomic mass is 35.5. The maximum Gasteiger partial charge on any atom is 0.421 e. The monoisotopic (exact) mass is 614 g/mol. The summed E-state index contributed by atoms with van der Waals surface area (Å²) < 4.78 is 35.6. The number of hydrogen-bond donors (Lipinski definition) is 2. The molecule has 13 nitrogen and oxygen atoms in total. The van der Waals surface area contributed by atoms with E-state index in [2.05, 4.69) is 25.9 Å². The van der Waals surface area contributed by atoms with Crippen LogP contribution >= 0.6 is 11.6 Å². The first-order valence-electron chi connectivity index (χ1n) is 13.0. The van der Waals surface area contributed by atoms with E-state index < -0.39 is 35.9 Å². The van der Waals surface area contributed by atoms with Crippen molar-refractivity contribution >= 4 is 52.1 Å². The van der Waals surface area contributed by atoms with Crippen molar-refractivity contribution in [3.63, 3.8) is 0 Å². The molecule has 0 unspecified atom stereocenters. The van der Waals surface area contributed by atoms with Crippen molar-refractivity contribution < 1.29 is 32.7 Å². The van der Waals surface area contributed by atoms with Crippen LogP contribution in [-0.2, 0) is 22.7 Å². The Morgan fingerprint density at radius 1 is 1.23 bits per heavy atom. The molecule has 2 N–H and O–H groups in total. The molecule has 43 heavy (non-hydrogen) atoms. The van der Waals surface area contributed by atoms with Gasteiger partial charge >= 0.3 is 6.09 Å². The summed E-state index contributed by atoms with van der Waals surface area (Å²) in [6.07, 6.45) is -0.980. The Morgan fingerprint density at radius 2 is 2.02 bits per heavy atom. The number of alkyl halides is 1. The molecule has 3 amide bonds. The molecule has 16 heteroatoms. The highest BCUT2D eigenvalue weighted by Crippen LogP contribution is 2.28. The molecule has 2 aromatic carbocycles. The molecule has 2 aromatic heterocycles. The van der Waals surface area contributed by atoms with Gasteiger partial charge in [-0.15, -0.1) is 5.10 Å². The third-order valence-electron chi connectivity index (χ3n) is 7.01. The SMILES string of the molecule is CC(=O)c1cn(CC(=O)N2C[C@H](F)C[C@H]2C(=O)NCc2cccc(Cl)c2F)c2ccc(OC(=O)N(C)c3nn[nH]n3)cc12. The van der Waals surface area contributed by atoms with E-state index in [1.807, 2.05) is 0 Å². The van der Waals surface area contributed by atoms with E-state index in [0.717, 1.165) is 9.80 Å². The molecule has 5 rings (SSSR count). The summed E-state index contributed by atoms with van der Waals surface area (Å²) in [5, 5.41) is 15.9. The minimum absolute atomic E-state index is 0.0128. The van der Waals surface area contributed by atoms with Gasteiger partial charge in [0, 0.05) is 48.2 Å². The van der Waals surface area contributed by atoms with Gasteiger partial charge in [-0.3, -0.25) is 14.4 Å². The number of ketones is 1. The van der Waals surface area contributed by atoms with E-state index in [-0.39, 0.29) is 59.7 Å². The maximum atomic E-state index is 14.5. The molecule has 1 saturated heterocycles. The van der Waals surface area contributed by atoms with Gasteiger partial charge in [0.2, 0.25) is 11.8 Å². The molecule has 0 bridgehead atoms. The summed E-state index contributed by atoms with van der Waals surface area (Å²) >= 11 is 5.80. The Hall–Kier alpha value is -4.92. The number of benzene rings is 2. The van der Waals surface area contributed by atoms with Crippen molar-refractivity contribution in [3.8, 4) is 5.75 Å². The van der Waals surface area contributed by atoms with Crippen LogP contribution in [0, 0.1) is 5.82 Å². The van der Waals surface area contributed by atoms with E-state index in [1.54, 1.807) is 6.07 Å². The van der Waals surface area contributed by atoms with Gasteiger partial charge in [0.15, 0.2) is 5.78 Å². The average Bonchev–Trinajstić information content (AvgIpc) is 3.72. The Kier molecular flexibility index (Phi) is 8.34. The molecular formula is C27H25ClF2N8O5. The van der Waals surface area contributed by atoms with E-state index in [9.17, 15) is 28.0 Å². The number of aromatic nitrogens is 5. The van der Waals surface area contributed by atoms with Crippen molar-refractivity contribution in [1.29, 1.82) is 0 Å². The highest BCUT2D eigenvalue weighted by Gasteiger charge is 2.40. The molecule has 1 aliphatic heterocycles. The third-order valence-corrected chi connectivity index (χ3v) is 7.30. The fourth-order valence-corrected chi connectivity index (χ4v) is 5.03. The number of nitrogens with zero attached hydrogens (tertiary/aromatic N) is 6. The lowest BCUT2D eigenvalue weighted by molar-refractivity contribution is -0.139. The fourth-order valence-electron chi connectivity index (χ4n) is 4.83. The van der Waals surface area contributed by atoms with Gasteiger partial charge in [-0.1, -0.05) is 28.8 Å². The minimum Gasteiger partial charge on any atom is -0.410 e. The van der Waals surface area contributed by atoms with Crippen LogP contribution in [0.5, 0.6) is 5.75 Å². The predicted molar refractivity (Wildman–Crippen MR) is 149 cm³/mol. The zero-order valence-corrected chi connectivity index (χ0v) is 23.6. The number of amides is 3. The summed E-state index contributed by atoms with van der Waals surface area (Å²) in [5.41, 5.74) is 0.878. The fraction of sp³-hybridized carbons (Fsp3) is 0.296. The maximum absolute atomic E-state index is 14.5. The van der Waals surface area contributed by atoms with E-state index in [4.69, 9.17) is 16.3 Å². The molecule has 0 saturated carbocycles.